The molecule has 2 atom stereocenters. The van der Waals surface area contributed by atoms with Crippen LogP contribution >= 0.6 is 0 Å². The molecule has 1 heterocycles. The topological polar surface area (TPSA) is 113 Å². The Morgan fingerprint density at radius 2 is 0.958 bits per heavy atom. The Kier molecular flexibility index (Phi) is 16.4. The number of carbonyl (C=O) groups is 3. The number of hydrogen-bond donors (Lipinski definition) is 1. The Bertz CT molecular complexity index is 2990. The van der Waals surface area contributed by atoms with E-state index in [0.29, 0.717) is 60.1 Å². The van der Waals surface area contributed by atoms with E-state index in [-0.39, 0.29) is 42.8 Å². The molecule has 1 N–H and O–H groups in total. The van der Waals surface area contributed by atoms with E-state index in [1.54, 1.807) is 60.7 Å². The Morgan fingerprint density at radius 1 is 0.486 bits per heavy atom. The van der Waals surface area contributed by atoms with Gasteiger partial charge in [0.25, 0.3) is 5.91 Å². The van der Waals surface area contributed by atoms with Crippen molar-refractivity contribution in [2.45, 2.75) is 58.0 Å². The summed E-state index contributed by atoms with van der Waals surface area (Å²) in [4.78, 5) is 45.1. The van der Waals surface area contributed by atoms with E-state index in [1.807, 2.05) is 140 Å². The van der Waals surface area contributed by atoms with Crippen molar-refractivity contribution in [2.24, 2.45) is 0 Å². The maximum atomic E-state index is 14.8. The summed E-state index contributed by atoms with van der Waals surface area (Å²) >= 11 is 0. The van der Waals surface area contributed by atoms with Crippen molar-refractivity contribution < 1.29 is 38.1 Å². The third-order valence-electron chi connectivity index (χ3n) is 12.4. The second-order valence-corrected chi connectivity index (χ2v) is 17.7. The molecular weight excluding hydrogens is 901 g/mol. The van der Waals surface area contributed by atoms with Crippen molar-refractivity contribution in [3.63, 3.8) is 0 Å². The third kappa shape index (κ3) is 13.4. The van der Waals surface area contributed by atoms with Crippen LogP contribution in [0.5, 0.6) is 23.0 Å². The smallest absolute Gasteiger partial charge is 0.338 e. The first-order valence-electron chi connectivity index (χ1n) is 24.3. The maximum absolute atomic E-state index is 14.8. The predicted molar refractivity (Wildman–Crippen MR) is 277 cm³/mol. The first-order valence-corrected chi connectivity index (χ1v) is 24.3. The second kappa shape index (κ2) is 24.4. The van der Waals surface area contributed by atoms with E-state index < -0.39 is 18.1 Å². The molecule has 362 valence electrons. The van der Waals surface area contributed by atoms with Gasteiger partial charge in [0.15, 0.2) is 17.3 Å². The molecule has 8 aromatic carbocycles. The number of benzene rings is 8. The van der Waals surface area contributed by atoms with Gasteiger partial charge in [-0.15, -0.1) is 0 Å². The molecular formula is C62H56N2O8. The van der Waals surface area contributed by atoms with Gasteiger partial charge in [-0.1, -0.05) is 164 Å². The number of likely N-dealkylation sites (tertiary alicyclic amines) is 1. The molecule has 1 saturated heterocycles. The molecule has 10 heteroatoms. The molecule has 0 radical (unpaired) electrons. The van der Waals surface area contributed by atoms with Gasteiger partial charge in [0, 0.05) is 30.3 Å². The van der Waals surface area contributed by atoms with Gasteiger partial charge < -0.3 is 29.0 Å². The number of rotatable bonds is 20. The Balaban J connectivity index is 0.947. The molecule has 72 heavy (non-hydrogen) atoms. The summed E-state index contributed by atoms with van der Waals surface area (Å²) in [6.45, 7) is 2.96. The predicted octanol–water partition coefficient (Wildman–Crippen LogP) is 11.9. The summed E-state index contributed by atoms with van der Waals surface area (Å²) in [6, 6.07) is 65.7. The minimum Gasteiger partial charge on any atom is -0.489 e. The van der Waals surface area contributed by atoms with Crippen LogP contribution in [0.15, 0.2) is 212 Å². The number of nitrogens with one attached hydrogen (secondary N) is 1. The fraction of sp³-hybridized carbons (Fsp3) is 0.177. The number of carbonyl (C=O) groups excluding carboxylic acids is 3. The molecule has 0 saturated carbocycles. The van der Waals surface area contributed by atoms with Gasteiger partial charge in [-0.3, -0.25) is 14.5 Å². The molecule has 1 aliphatic heterocycles. The number of ether oxygens (including phenoxy) is 5. The summed E-state index contributed by atoms with van der Waals surface area (Å²) < 4.78 is 31.4. The van der Waals surface area contributed by atoms with E-state index in [4.69, 9.17) is 23.7 Å². The number of hydrogen-bond acceptors (Lipinski definition) is 9. The van der Waals surface area contributed by atoms with E-state index in [2.05, 4.69) is 22.3 Å². The van der Waals surface area contributed by atoms with Crippen LogP contribution in [-0.2, 0) is 37.7 Å². The minimum atomic E-state index is -0.610. The molecule has 0 aromatic heterocycles. The molecule has 8 aromatic rings. The SMILES string of the molecule is O=C(N[C@H]1CN(Cc2ccccc2)CCC[C@@H]1OC(=O)c1ccc(OCc2ccccc2)cc1)c1ccc(C(=O)c2cc(OCc3ccccc3)cc(OCc3ccccc3)c2OCc2ccccc2)cc1. The fourth-order valence-electron chi connectivity index (χ4n) is 8.57. The summed E-state index contributed by atoms with van der Waals surface area (Å²) in [6.07, 6.45) is 0.698. The van der Waals surface area contributed by atoms with Gasteiger partial charge in [-0.2, -0.15) is 0 Å². The second-order valence-electron chi connectivity index (χ2n) is 17.7. The number of esters is 1. The van der Waals surface area contributed by atoms with E-state index in [1.165, 1.54) is 0 Å². The maximum Gasteiger partial charge on any atom is 0.338 e. The summed E-state index contributed by atoms with van der Waals surface area (Å²) in [5, 5.41) is 3.22. The third-order valence-corrected chi connectivity index (χ3v) is 12.4. The van der Waals surface area contributed by atoms with Crippen LogP contribution in [0.4, 0.5) is 0 Å². The van der Waals surface area contributed by atoms with Crippen LogP contribution in [0.1, 0.15) is 77.3 Å². The monoisotopic (exact) mass is 956 g/mol. The highest BCUT2D eigenvalue weighted by molar-refractivity contribution is 6.12. The van der Waals surface area contributed by atoms with Crippen molar-refractivity contribution in [3.05, 3.63) is 262 Å². The van der Waals surface area contributed by atoms with Crippen LogP contribution in [0.25, 0.3) is 0 Å². The Morgan fingerprint density at radius 3 is 1.51 bits per heavy atom. The molecule has 1 amide bonds. The lowest BCUT2D eigenvalue weighted by molar-refractivity contribution is 0.0175. The van der Waals surface area contributed by atoms with Crippen LogP contribution in [-0.4, -0.2) is 47.8 Å². The zero-order valence-corrected chi connectivity index (χ0v) is 39.9. The molecule has 0 spiro atoms. The van der Waals surface area contributed by atoms with Gasteiger partial charge in [-0.05, 0) is 89.7 Å². The van der Waals surface area contributed by atoms with Crippen molar-refractivity contribution in [1.29, 1.82) is 0 Å². The number of nitrogens with zero attached hydrogens (tertiary/aromatic N) is 1. The molecule has 0 aliphatic carbocycles. The van der Waals surface area contributed by atoms with Crippen molar-refractivity contribution in [1.82, 2.24) is 10.2 Å². The van der Waals surface area contributed by atoms with Gasteiger partial charge in [0.05, 0.1) is 17.2 Å². The van der Waals surface area contributed by atoms with Gasteiger partial charge in [0.2, 0.25) is 0 Å². The summed E-state index contributed by atoms with van der Waals surface area (Å²) in [7, 11) is 0. The van der Waals surface area contributed by atoms with Crippen LogP contribution in [0, 0.1) is 0 Å². The lowest BCUT2D eigenvalue weighted by Gasteiger charge is -2.29. The average Bonchev–Trinajstić information content (AvgIpc) is 3.62. The lowest BCUT2D eigenvalue weighted by Crippen LogP contribution is -2.50. The first kappa shape index (κ1) is 48.5. The van der Waals surface area contributed by atoms with Gasteiger partial charge in [-0.25, -0.2) is 4.79 Å². The van der Waals surface area contributed by atoms with Crippen LogP contribution in [0.3, 0.4) is 0 Å². The van der Waals surface area contributed by atoms with E-state index >= 15 is 0 Å². The highest BCUT2D eigenvalue weighted by Gasteiger charge is 2.32. The number of ketones is 1. The molecule has 9 rings (SSSR count). The highest BCUT2D eigenvalue weighted by Crippen LogP contribution is 2.39. The normalized spacial score (nSPS) is 14.6. The largest absolute Gasteiger partial charge is 0.489 e. The van der Waals surface area contributed by atoms with Gasteiger partial charge >= 0.3 is 5.97 Å². The number of amides is 1. The van der Waals surface area contributed by atoms with Crippen molar-refractivity contribution >= 4 is 17.7 Å². The minimum absolute atomic E-state index is 0.183. The van der Waals surface area contributed by atoms with E-state index in [9.17, 15) is 14.4 Å². The standard InChI is InChI=1S/C62H56N2O8/c65-59(55-37-54(69-42-47-21-10-3-11-22-47)38-58(70-43-48-23-12-4-13-24-48)60(55)71-44-49-25-14-5-15-26-49)50-28-30-51(31-29-50)61(66)63-56-40-64(39-45-17-6-1-7-18-45)36-16-27-57(56)72-62(67)52-32-34-53(35-33-52)68-41-46-19-8-2-9-20-46/h1-15,17-26,28-35,37-38,56-57H,16,27,36,39-44H2,(H,63,66)/t56-,57-/m0/s1. The highest BCUT2D eigenvalue weighted by atomic mass is 16.5. The lowest BCUT2D eigenvalue weighted by atomic mass is 9.99. The first-order chi connectivity index (χ1) is 35.4. The molecule has 10 nitrogen and oxygen atoms in total. The molecule has 1 aliphatic rings. The molecule has 0 bridgehead atoms. The molecule has 1 fully saturated rings. The zero-order chi connectivity index (χ0) is 49.3. The fourth-order valence-corrected chi connectivity index (χ4v) is 8.57. The average molecular weight is 957 g/mol. The summed E-state index contributed by atoms with van der Waals surface area (Å²) in [5.41, 5.74) is 6.30. The Hall–Kier alpha value is -8.47. The zero-order valence-electron chi connectivity index (χ0n) is 39.9. The van der Waals surface area contributed by atoms with Crippen LogP contribution in [0.2, 0.25) is 0 Å². The van der Waals surface area contributed by atoms with Gasteiger partial charge in [0.1, 0.15) is 44.0 Å². The van der Waals surface area contributed by atoms with Crippen LogP contribution < -0.4 is 24.3 Å². The quantitative estimate of drug-likeness (QED) is 0.0589. The van der Waals surface area contributed by atoms with E-state index in [0.717, 1.165) is 40.8 Å². The van der Waals surface area contributed by atoms with Crippen molar-refractivity contribution in [3.8, 4) is 23.0 Å². The molecule has 0 unspecified atom stereocenters. The van der Waals surface area contributed by atoms with Crippen molar-refractivity contribution in [2.75, 3.05) is 13.1 Å². The Labute approximate surface area is 420 Å². The summed E-state index contributed by atoms with van der Waals surface area (Å²) in [5.74, 6) is 0.500.